The minimum Gasteiger partial charge on any atom is -0.382 e. The van der Waals surface area contributed by atoms with E-state index in [0.29, 0.717) is 37.6 Å². The van der Waals surface area contributed by atoms with Crippen LogP contribution in [0, 0.1) is 0 Å². The minimum atomic E-state index is -0.274. The summed E-state index contributed by atoms with van der Waals surface area (Å²) < 4.78 is 5.30. The number of carbonyl (C=O) groups excluding carboxylic acids is 2. The molecule has 0 spiro atoms. The maximum absolute atomic E-state index is 12.7. The summed E-state index contributed by atoms with van der Waals surface area (Å²) in [4.78, 5) is 26.7. The normalized spacial score (nSPS) is 13.5. The van der Waals surface area contributed by atoms with Crippen molar-refractivity contribution < 1.29 is 14.3 Å². The van der Waals surface area contributed by atoms with Gasteiger partial charge in [-0.2, -0.15) is 0 Å². The predicted molar refractivity (Wildman–Crippen MR) is 104 cm³/mol. The molecule has 7 heteroatoms. The molecule has 1 aromatic carbocycles. The summed E-state index contributed by atoms with van der Waals surface area (Å²) in [6.07, 6.45) is 3.04. The van der Waals surface area contributed by atoms with E-state index in [1.807, 2.05) is 26.0 Å². The maximum atomic E-state index is 12.7. The van der Waals surface area contributed by atoms with Crippen LogP contribution in [0.3, 0.4) is 0 Å². The smallest absolute Gasteiger partial charge is 0.319 e. The van der Waals surface area contributed by atoms with Crippen LogP contribution in [0.5, 0.6) is 0 Å². The Bertz CT molecular complexity index is 600. The number of anilines is 2. The zero-order valence-corrected chi connectivity index (χ0v) is 15.8. The number of hydrogen-bond acceptors (Lipinski definition) is 4. The molecule has 2 rings (SSSR count). The lowest BCUT2D eigenvalue weighted by Gasteiger charge is -2.22. The molecule has 0 aliphatic carbocycles. The molecule has 1 aromatic rings. The lowest BCUT2D eigenvalue weighted by Crippen LogP contribution is -2.30. The first-order valence-electron chi connectivity index (χ1n) is 9.45. The predicted octanol–water partition coefficient (Wildman–Crippen LogP) is 2.58. The third kappa shape index (κ3) is 5.91. The van der Waals surface area contributed by atoms with Crippen molar-refractivity contribution in [2.24, 2.45) is 0 Å². The van der Waals surface area contributed by atoms with Gasteiger partial charge >= 0.3 is 6.03 Å². The fourth-order valence-electron chi connectivity index (χ4n) is 2.98. The first kappa shape index (κ1) is 20.0. The molecule has 3 amide bonds. The molecule has 1 aliphatic heterocycles. The monoisotopic (exact) mass is 362 g/mol. The average molecular weight is 362 g/mol. The molecule has 144 valence electrons. The van der Waals surface area contributed by atoms with Crippen molar-refractivity contribution in [3.63, 3.8) is 0 Å². The van der Waals surface area contributed by atoms with Crippen molar-refractivity contribution in [3.05, 3.63) is 23.8 Å². The molecule has 26 heavy (non-hydrogen) atoms. The van der Waals surface area contributed by atoms with Crippen LogP contribution in [0.1, 0.15) is 43.5 Å². The number of amides is 3. The van der Waals surface area contributed by atoms with Gasteiger partial charge in [0, 0.05) is 50.8 Å². The van der Waals surface area contributed by atoms with Gasteiger partial charge < -0.3 is 25.6 Å². The second kappa shape index (κ2) is 10.7. The van der Waals surface area contributed by atoms with Gasteiger partial charge in [0.15, 0.2) is 0 Å². The van der Waals surface area contributed by atoms with E-state index < -0.39 is 0 Å². The molecular formula is C19H30N4O3. The van der Waals surface area contributed by atoms with E-state index in [1.165, 1.54) is 0 Å². The molecule has 0 atom stereocenters. The molecular weight excluding hydrogens is 332 g/mol. The first-order valence-corrected chi connectivity index (χ1v) is 9.45. The Morgan fingerprint density at radius 1 is 1.15 bits per heavy atom. The molecule has 1 saturated heterocycles. The summed E-state index contributed by atoms with van der Waals surface area (Å²) in [5, 5.41) is 8.42. The lowest BCUT2D eigenvalue weighted by molar-refractivity contribution is 0.0944. The van der Waals surface area contributed by atoms with Crippen molar-refractivity contribution in [1.82, 2.24) is 10.6 Å². The summed E-state index contributed by atoms with van der Waals surface area (Å²) in [5.74, 6) is -0.122. The van der Waals surface area contributed by atoms with Crippen LogP contribution in [0.25, 0.3) is 0 Å². The van der Waals surface area contributed by atoms with Crippen molar-refractivity contribution >= 4 is 23.3 Å². The summed E-state index contributed by atoms with van der Waals surface area (Å²) in [5.41, 5.74) is 2.13. The van der Waals surface area contributed by atoms with Gasteiger partial charge in [0.1, 0.15) is 0 Å². The number of urea groups is 1. The van der Waals surface area contributed by atoms with E-state index in [2.05, 4.69) is 20.9 Å². The molecule has 7 nitrogen and oxygen atoms in total. The molecule has 0 bridgehead atoms. The van der Waals surface area contributed by atoms with Gasteiger partial charge in [-0.05, 0) is 51.3 Å². The third-order valence-corrected chi connectivity index (χ3v) is 4.24. The highest BCUT2D eigenvalue weighted by molar-refractivity contribution is 6.02. The Kier molecular flexibility index (Phi) is 8.21. The van der Waals surface area contributed by atoms with Crippen LogP contribution < -0.4 is 20.9 Å². The van der Waals surface area contributed by atoms with Gasteiger partial charge in [0.2, 0.25) is 0 Å². The second-order valence-electron chi connectivity index (χ2n) is 6.22. The third-order valence-electron chi connectivity index (χ3n) is 4.24. The highest BCUT2D eigenvalue weighted by atomic mass is 16.5. The van der Waals surface area contributed by atoms with Gasteiger partial charge in [0.25, 0.3) is 5.91 Å². The Morgan fingerprint density at radius 3 is 2.62 bits per heavy atom. The van der Waals surface area contributed by atoms with Gasteiger partial charge in [-0.15, -0.1) is 0 Å². The van der Waals surface area contributed by atoms with Gasteiger partial charge in [-0.25, -0.2) is 4.79 Å². The van der Waals surface area contributed by atoms with E-state index in [-0.39, 0.29) is 11.9 Å². The van der Waals surface area contributed by atoms with Crippen molar-refractivity contribution in [2.45, 2.75) is 33.1 Å². The maximum Gasteiger partial charge on any atom is 0.319 e. The van der Waals surface area contributed by atoms with Crippen LogP contribution in [0.2, 0.25) is 0 Å². The molecule has 0 radical (unpaired) electrons. The van der Waals surface area contributed by atoms with Gasteiger partial charge in [0.05, 0.1) is 5.56 Å². The summed E-state index contributed by atoms with van der Waals surface area (Å²) >= 11 is 0. The van der Waals surface area contributed by atoms with Crippen molar-refractivity contribution in [2.75, 3.05) is 49.6 Å². The standard InChI is InChI=1S/C19H30N4O3/c1-3-20-19(25)22-15-8-9-17(23-11-5-6-12-23)16(14-15)18(24)21-10-7-13-26-4-2/h8-9,14H,3-7,10-13H2,1-2H3,(H,21,24)(H2,20,22,25). The molecule has 0 saturated carbocycles. The quantitative estimate of drug-likeness (QED) is 0.590. The van der Waals surface area contributed by atoms with Crippen LogP contribution in [-0.4, -0.2) is 51.3 Å². The number of hydrogen-bond donors (Lipinski definition) is 3. The molecule has 3 N–H and O–H groups in total. The Morgan fingerprint density at radius 2 is 1.92 bits per heavy atom. The summed E-state index contributed by atoms with van der Waals surface area (Å²) in [7, 11) is 0. The Hall–Kier alpha value is -2.28. The van der Waals surface area contributed by atoms with Crippen LogP contribution in [0.15, 0.2) is 18.2 Å². The topological polar surface area (TPSA) is 82.7 Å². The average Bonchev–Trinajstić information content (AvgIpc) is 3.16. The molecule has 0 aromatic heterocycles. The van der Waals surface area contributed by atoms with Crippen LogP contribution >= 0.6 is 0 Å². The molecule has 1 aliphatic rings. The van der Waals surface area contributed by atoms with E-state index in [1.54, 1.807) is 6.07 Å². The number of carbonyl (C=O) groups is 2. The number of ether oxygens (including phenoxy) is 1. The Labute approximate surface area is 155 Å². The summed E-state index contributed by atoms with van der Waals surface area (Å²) in [6, 6.07) is 5.24. The number of nitrogens with zero attached hydrogens (tertiary/aromatic N) is 1. The summed E-state index contributed by atoms with van der Waals surface area (Å²) in [6.45, 7) is 8.14. The fraction of sp³-hybridized carbons (Fsp3) is 0.579. The molecule has 1 heterocycles. The van der Waals surface area contributed by atoms with Crippen LogP contribution in [0.4, 0.5) is 16.2 Å². The number of nitrogens with one attached hydrogen (secondary N) is 3. The molecule has 0 unspecified atom stereocenters. The van der Waals surface area contributed by atoms with Crippen molar-refractivity contribution in [1.29, 1.82) is 0 Å². The minimum absolute atomic E-state index is 0.122. The largest absolute Gasteiger partial charge is 0.382 e. The number of benzene rings is 1. The highest BCUT2D eigenvalue weighted by Crippen LogP contribution is 2.27. The number of rotatable bonds is 9. The van der Waals surface area contributed by atoms with E-state index in [4.69, 9.17) is 4.74 Å². The zero-order chi connectivity index (χ0) is 18.8. The molecule has 1 fully saturated rings. The van der Waals surface area contributed by atoms with E-state index in [9.17, 15) is 9.59 Å². The van der Waals surface area contributed by atoms with E-state index in [0.717, 1.165) is 38.0 Å². The van der Waals surface area contributed by atoms with Gasteiger partial charge in [-0.3, -0.25) is 4.79 Å². The van der Waals surface area contributed by atoms with Crippen molar-refractivity contribution in [3.8, 4) is 0 Å². The highest BCUT2D eigenvalue weighted by Gasteiger charge is 2.20. The zero-order valence-electron chi connectivity index (χ0n) is 15.8. The lowest BCUT2D eigenvalue weighted by atomic mass is 10.1. The van der Waals surface area contributed by atoms with E-state index >= 15 is 0 Å². The van der Waals surface area contributed by atoms with Crippen LogP contribution in [-0.2, 0) is 4.74 Å². The second-order valence-corrected chi connectivity index (χ2v) is 6.22. The Balaban J connectivity index is 2.10. The first-order chi connectivity index (χ1) is 12.7. The SMILES string of the molecule is CCNC(=O)Nc1ccc(N2CCCC2)c(C(=O)NCCCOCC)c1. The fourth-order valence-corrected chi connectivity index (χ4v) is 2.98. The van der Waals surface area contributed by atoms with Gasteiger partial charge in [-0.1, -0.05) is 0 Å².